The first-order valence-electron chi connectivity index (χ1n) is 9.28. The number of non-ortho nitro benzene ring substituents is 1. The number of benzene rings is 3. The Kier molecular flexibility index (Phi) is 7.00. The van der Waals surface area contributed by atoms with E-state index < -0.39 is 22.6 Å². The summed E-state index contributed by atoms with van der Waals surface area (Å²) in [5, 5.41) is 19.4. The highest BCUT2D eigenvalue weighted by Crippen LogP contribution is 2.17. The maximum Gasteiger partial charge on any atom is 0.329 e. The standard InChI is InChI=1S/C22H17N5O5/c28-20(24-16-6-2-1-3-7-16)18-8-4-5-9-19(18)25-21(29)22(30)26-23-14-15-10-12-17(13-11-15)27(31)32/h1-14H,(H,24,28)(H,25,29)(H,26,30)/b23-14+. The largest absolute Gasteiger partial charge is 0.329 e. The van der Waals surface area contributed by atoms with Crippen LogP contribution in [0, 0.1) is 10.1 Å². The Morgan fingerprint density at radius 3 is 2.16 bits per heavy atom. The predicted molar refractivity (Wildman–Crippen MR) is 118 cm³/mol. The van der Waals surface area contributed by atoms with E-state index in [1.54, 1.807) is 36.4 Å². The lowest BCUT2D eigenvalue weighted by Crippen LogP contribution is -2.33. The van der Waals surface area contributed by atoms with E-state index in [-0.39, 0.29) is 16.9 Å². The maximum absolute atomic E-state index is 12.6. The van der Waals surface area contributed by atoms with Gasteiger partial charge in [0.1, 0.15) is 0 Å². The Morgan fingerprint density at radius 1 is 0.812 bits per heavy atom. The summed E-state index contributed by atoms with van der Waals surface area (Å²) in [5.74, 6) is -2.53. The van der Waals surface area contributed by atoms with Crippen LogP contribution in [0.3, 0.4) is 0 Å². The molecule has 0 fully saturated rings. The molecule has 10 nitrogen and oxygen atoms in total. The molecular formula is C22H17N5O5. The molecule has 0 saturated heterocycles. The first kappa shape index (κ1) is 21.8. The van der Waals surface area contributed by atoms with Crippen LogP contribution in [0.25, 0.3) is 0 Å². The van der Waals surface area contributed by atoms with Crippen molar-refractivity contribution < 1.29 is 19.3 Å². The number of nitrogens with zero attached hydrogens (tertiary/aromatic N) is 2. The molecule has 0 spiro atoms. The summed E-state index contributed by atoms with van der Waals surface area (Å²) < 4.78 is 0. The summed E-state index contributed by atoms with van der Waals surface area (Å²) in [4.78, 5) is 46.9. The van der Waals surface area contributed by atoms with Gasteiger partial charge in [-0.1, -0.05) is 30.3 Å². The average Bonchev–Trinajstić information content (AvgIpc) is 2.80. The number of hydrogen-bond donors (Lipinski definition) is 3. The van der Waals surface area contributed by atoms with Crippen molar-refractivity contribution >= 4 is 41.0 Å². The van der Waals surface area contributed by atoms with Crippen LogP contribution in [0.15, 0.2) is 84.0 Å². The van der Waals surface area contributed by atoms with Crippen LogP contribution >= 0.6 is 0 Å². The summed E-state index contributed by atoms with van der Waals surface area (Å²) in [6.45, 7) is 0. The molecule has 10 heteroatoms. The summed E-state index contributed by atoms with van der Waals surface area (Å²) in [5.41, 5.74) is 3.37. The number of amides is 3. The number of anilines is 2. The zero-order valence-corrected chi connectivity index (χ0v) is 16.5. The quantitative estimate of drug-likeness (QED) is 0.238. The lowest BCUT2D eigenvalue weighted by atomic mass is 10.1. The Balaban J connectivity index is 1.61. The molecule has 0 atom stereocenters. The molecule has 0 aliphatic rings. The van der Waals surface area contributed by atoms with Crippen LogP contribution in [0.4, 0.5) is 17.1 Å². The highest BCUT2D eigenvalue weighted by atomic mass is 16.6. The van der Waals surface area contributed by atoms with Crippen molar-refractivity contribution in [2.24, 2.45) is 5.10 Å². The van der Waals surface area contributed by atoms with Crippen LogP contribution < -0.4 is 16.1 Å². The van der Waals surface area contributed by atoms with Gasteiger partial charge in [-0.3, -0.25) is 24.5 Å². The molecule has 3 aromatic rings. The van der Waals surface area contributed by atoms with Gasteiger partial charge in [0.05, 0.1) is 22.4 Å². The molecule has 0 saturated carbocycles. The summed E-state index contributed by atoms with van der Waals surface area (Å²) in [7, 11) is 0. The molecule has 3 N–H and O–H groups in total. The summed E-state index contributed by atoms with van der Waals surface area (Å²) >= 11 is 0. The van der Waals surface area contributed by atoms with Gasteiger partial charge in [0.25, 0.3) is 11.6 Å². The third-order valence-electron chi connectivity index (χ3n) is 4.14. The Labute approximate surface area is 182 Å². The van der Waals surface area contributed by atoms with E-state index in [2.05, 4.69) is 21.2 Å². The van der Waals surface area contributed by atoms with E-state index in [9.17, 15) is 24.5 Å². The molecule has 32 heavy (non-hydrogen) atoms. The van der Waals surface area contributed by atoms with Gasteiger partial charge in [-0.25, -0.2) is 5.43 Å². The second kappa shape index (κ2) is 10.3. The zero-order chi connectivity index (χ0) is 22.9. The van der Waals surface area contributed by atoms with Crippen molar-refractivity contribution in [1.29, 1.82) is 0 Å². The minimum absolute atomic E-state index is 0.0828. The monoisotopic (exact) mass is 431 g/mol. The molecule has 160 valence electrons. The third kappa shape index (κ3) is 5.83. The number of nitro groups is 1. The third-order valence-corrected chi connectivity index (χ3v) is 4.14. The van der Waals surface area contributed by atoms with Gasteiger partial charge in [0, 0.05) is 17.8 Å². The molecule has 0 aliphatic carbocycles. The number of carbonyl (C=O) groups excluding carboxylic acids is 3. The summed E-state index contributed by atoms with van der Waals surface area (Å²) in [6.07, 6.45) is 1.23. The molecule has 0 aromatic heterocycles. The Bertz CT molecular complexity index is 1180. The van der Waals surface area contributed by atoms with Gasteiger partial charge in [0.15, 0.2) is 0 Å². The lowest BCUT2D eigenvalue weighted by Gasteiger charge is -2.11. The van der Waals surface area contributed by atoms with Crippen LogP contribution in [0.2, 0.25) is 0 Å². The first-order valence-corrected chi connectivity index (χ1v) is 9.28. The maximum atomic E-state index is 12.6. The van der Waals surface area contributed by atoms with Crippen molar-refractivity contribution in [2.45, 2.75) is 0 Å². The van der Waals surface area contributed by atoms with Crippen LogP contribution in [-0.4, -0.2) is 28.9 Å². The number of para-hydroxylation sites is 2. The molecule has 3 aromatic carbocycles. The fraction of sp³-hybridized carbons (Fsp3) is 0. The topological polar surface area (TPSA) is 143 Å². The van der Waals surface area contributed by atoms with Crippen LogP contribution in [-0.2, 0) is 9.59 Å². The second-order valence-electron chi connectivity index (χ2n) is 6.37. The van der Waals surface area contributed by atoms with Crippen molar-refractivity contribution in [3.8, 4) is 0 Å². The van der Waals surface area contributed by atoms with E-state index in [4.69, 9.17) is 0 Å². The van der Waals surface area contributed by atoms with Crippen molar-refractivity contribution in [3.05, 3.63) is 100 Å². The Morgan fingerprint density at radius 2 is 1.47 bits per heavy atom. The van der Waals surface area contributed by atoms with Gasteiger partial charge in [-0.15, -0.1) is 0 Å². The number of nitro benzene ring substituents is 1. The zero-order valence-electron chi connectivity index (χ0n) is 16.5. The fourth-order valence-corrected chi connectivity index (χ4v) is 2.59. The fourth-order valence-electron chi connectivity index (χ4n) is 2.59. The van der Waals surface area contributed by atoms with Crippen molar-refractivity contribution in [3.63, 3.8) is 0 Å². The molecule has 3 rings (SSSR count). The van der Waals surface area contributed by atoms with Crippen LogP contribution in [0.1, 0.15) is 15.9 Å². The number of hydrogen-bond acceptors (Lipinski definition) is 6. The van der Waals surface area contributed by atoms with Gasteiger partial charge < -0.3 is 10.6 Å². The van der Waals surface area contributed by atoms with Gasteiger partial charge in [0.2, 0.25) is 0 Å². The predicted octanol–water partition coefficient (Wildman–Crippen LogP) is 2.94. The first-order chi connectivity index (χ1) is 15.4. The molecule has 0 radical (unpaired) electrons. The minimum Gasteiger partial charge on any atom is -0.322 e. The SMILES string of the molecule is O=C(N/N=C/c1ccc([N+](=O)[O-])cc1)C(=O)Nc1ccccc1C(=O)Nc1ccccc1. The molecule has 0 unspecified atom stereocenters. The van der Waals surface area contributed by atoms with Crippen LogP contribution in [0.5, 0.6) is 0 Å². The number of hydrazone groups is 1. The average molecular weight is 431 g/mol. The van der Waals surface area contributed by atoms with E-state index >= 15 is 0 Å². The van der Waals surface area contributed by atoms with E-state index in [1.807, 2.05) is 6.07 Å². The second-order valence-corrected chi connectivity index (χ2v) is 6.37. The van der Waals surface area contributed by atoms with E-state index in [1.165, 1.54) is 42.6 Å². The highest BCUT2D eigenvalue weighted by molar-refractivity contribution is 6.40. The van der Waals surface area contributed by atoms with E-state index in [0.29, 0.717) is 11.3 Å². The molecule has 0 aliphatic heterocycles. The number of nitrogens with one attached hydrogen (secondary N) is 3. The van der Waals surface area contributed by atoms with Gasteiger partial charge in [-0.05, 0) is 42.0 Å². The highest BCUT2D eigenvalue weighted by Gasteiger charge is 2.17. The van der Waals surface area contributed by atoms with E-state index in [0.717, 1.165) is 0 Å². The molecule has 3 amide bonds. The Hall–Kier alpha value is -4.86. The van der Waals surface area contributed by atoms with Gasteiger partial charge in [-0.2, -0.15) is 5.10 Å². The van der Waals surface area contributed by atoms with Gasteiger partial charge >= 0.3 is 11.8 Å². The smallest absolute Gasteiger partial charge is 0.322 e. The molecule has 0 bridgehead atoms. The summed E-state index contributed by atoms with van der Waals surface area (Å²) in [6, 6.07) is 20.5. The number of carbonyl (C=O) groups is 3. The van der Waals surface area contributed by atoms with Crippen molar-refractivity contribution in [2.75, 3.05) is 10.6 Å². The normalized spacial score (nSPS) is 10.4. The minimum atomic E-state index is -1.05. The molecule has 0 heterocycles. The number of rotatable bonds is 6. The van der Waals surface area contributed by atoms with Crippen molar-refractivity contribution in [1.82, 2.24) is 5.43 Å². The lowest BCUT2D eigenvalue weighted by molar-refractivity contribution is -0.384. The molecular weight excluding hydrogens is 414 g/mol.